The molecule has 10 aromatic rings. The average Bonchev–Trinajstić information content (AvgIpc) is 3.66. The summed E-state index contributed by atoms with van der Waals surface area (Å²) in [7, 11) is 0. The number of benzene rings is 8. The molecule has 0 amide bonds. The molecule has 0 bridgehead atoms. The average molecular weight is 693 g/mol. The van der Waals surface area contributed by atoms with Gasteiger partial charge in [-0.05, 0) is 65.5 Å². The summed E-state index contributed by atoms with van der Waals surface area (Å²) in [4.78, 5) is 17.5. The second kappa shape index (κ2) is 13.3. The molecule has 0 aliphatic rings. The molecule has 0 fully saturated rings. The van der Waals surface area contributed by atoms with E-state index < -0.39 is 0 Å². The van der Waals surface area contributed by atoms with E-state index in [0.717, 1.165) is 77.6 Å². The van der Waals surface area contributed by atoms with Crippen LogP contribution in [0.15, 0.2) is 199 Å². The lowest BCUT2D eigenvalue weighted by molar-refractivity contribution is 0.674. The van der Waals surface area contributed by atoms with Crippen molar-refractivity contribution in [2.75, 3.05) is 4.90 Å². The first-order valence-electron chi connectivity index (χ1n) is 18.0. The van der Waals surface area contributed by atoms with Gasteiger partial charge < -0.3 is 9.32 Å². The third-order valence-corrected chi connectivity index (χ3v) is 9.92. The van der Waals surface area contributed by atoms with Crippen LogP contribution in [0.25, 0.3) is 78.0 Å². The zero-order valence-corrected chi connectivity index (χ0v) is 29.2. The Hall–Kier alpha value is -7.37. The molecular weight excluding hydrogens is 661 g/mol. The van der Waals surface area contributed by atoms with Crippen molar-refractivity contribution in [2.45, 2.75) is 0 Å². The van der Waals surface area contributed by atoms with E-state index in [1.165, 1.54) is 0 Å². The van der Waals surface area contributed by atoms with Crippen molar-refractivity contribution in [2.24, 2.45) is 0 Å². The van der Waals surface area contributed by atoms with Gasteiger partial charge in [0.1, 0.15) is 11.2 Å². The number of para-hydroxylation sites is 2. The molecule has 0 unspecified atom stereocenters. The highest BCUT2D eigenvalue weighted by atomic mass is 16.3. The van der Waals surface area contributed by atoms with Gasteiger partial charge in [-0.2, -0.15) is 0 Å². The SMILES string of the molecule is c1ccc(-c2nc(-c3ccccc3)nc(-c3ccc(-c4ccc(N(c5ccccc5)c5ccccc5)cc4)c4oc5c6ccccc6ccc5c34)n2)cc1. The normalized spacial score (nSPS) is 11.3. The number of aromatic nitrogens is 3. The number of furan rings is 1. The van der Waals surface area contributed by atoms with Gasteiger partial charge in [-0.3, -0.25) is 0 Å². The van der Waals surface area contributed by atoms with E-state index in [2.05, 4.69) is 126 Å². The minimum Gasteiger partial charge on any atom is -0.455 e. The maximum absolute atomic E-state index is 6.98. The second-order valence-corrected chi connectivity index (χ2v) is 13.2. The van der Waals surface area contributed by atoms with Crippen LogP contribution in [-0.4, -0.2) is 15.0 Å². The fourth-order valence-electron chi connectivity index (χ4n) is 7.34. The molecule has 5 nitrogen and oxygen atoms in total. The first-order valence-corrected chi connectivity index (χ1v) is 18.0. The van der Waals surface area contributed by atoms with Gasteiger partial charge in [0.25, 0.3) is 0 Å². The van der Waals surface area contributed by atoms with Gasteiger partial charge in [-0.25, -0.2) is 15.0 Å². The lowest BCUT2D eigenvalue weighted by Gasteiger charge is -2.25. The van der Waals surface area contributed by atoms with Crippen LogP contribution >= 0.6 is 0 Å². The van der Waals surface area contributed by atoms with Crippen molar-refractivity contribution in [1.29, 1.82) is 0 Å². The monoisotopic (exact) mass is 692 g/mol. The summed E-state index contributed by atoms with van der Waals surface area (Å²) in [6.07, 6.45) is 0. The number of anilines is 3. The summed E-state index contributed by atoms with van der Waals surface area (Å²) < 4.78 is 6.98. The Morgan fingerprint density at radius 1 is 0.333 bits per heavy atom. The fourth-order valence-corrected chi connectivity index (χ4v) is 7.34. The molecule has 0 saturated heterocycles. The molecule has 0 aliphatic heterocycles. The molecule has 2 aromatic heterocycles. The second-order valence-electron chi connectivity index (χ2n) is 13.2. The predicted octanol–water partition coefficient (Wildman–Crippen LogP) is 13.1. The van der Waals surface area contributed by atoms with E-state index >= 15 is 0 Å². The number of hydrogen-bond acceptors (Lipinski definition) is 5. The summed E-state index contributed by atoms with van der Waals surface area (Å²) in [5.74, 6) is 1.82. The molecule has 2 heterocycles. The smallest absolute Gasteiger partial charge is 0.164 e. The van der Waals surface area contributed by atoms with Crippen LogP contribution in [0, 0.1) is 0 Å². The van der Waals surface area contributed by atoms with Crippen molar-refractivity contribution < 1.29 is 4.42 Å². The van der Waals surface area contributed by atoms with Gasteiger partial charge in [0, 0.05) is 55.5 Å². The number of fused-ring (bicyclic) bond motifs is 5. The van der Waals surface area contributed by atoms with E-state index in [-0.39, 0.29) is 0 Å². The van der Waals surface area contributed by atoms with Gasteiger partial charge in [0.15, 0.2) is 17.5 Å². The highest BCUT2D eigenvalue weighted by molar-refractivity contribution is 6.21. The summed E-state index contributed by atoms with van der Waals surface area (Å²) in [6, 6.07) is 66.8. The third-order valence-electron chi connectivity index (χ3n) is 9.92. The van der Waals surface area contributed by atoms with Crippen LogP contribution < -0.4 is 4.90 Å². The van der Waals surface area contributed by atoms with Crippen LogP contribution in [-0.2, 0) is 0 Å². The summed E-state index contributed by atoms with van der Waals surface area (Å²) >= 11 is 0. The van der Waals surface area contributed by atoms with E-state index in [4.69, 9.17) is 19.4 Å². The van der Waals surface area contributed by atoms with Crippen molar-refractivity contribution in [3.05, 3.63) is 194 Å². The van der Waals surface area contributed by atoms with E-state index in [1.54, 1.807) is 0 Å². The molecule has 0 radical (unpaired) electrons. The zero-order chi connectivity index (χ0) is 35.8. The molecule has 0 N–H and O–H groups in total. The summed E-state index contributed by atoms with van der Waals surface area (Å²) in [6.45, 7) is 0. The Bertz CT molecular complexity index is 2810. The molecule has 5 heteroatoms. The maximum atomic E-state index is 6.98. The fraction of sp³-hybridized carbons (Fsp3) is 0. The highest BCUT2D eigenvalue weighted by Gasteiger charge is 2.22. The number of hydrogen-bond donors (Lipinski definition) is 0. The molecule has 0 spiro atoms. The minimum atomic E-state index is 0.590. The summed E-state index contributed by atoms with van der Waals surface area (Å²) in [5.41, 5.74) is 9.65. The number of nitrogens with zero attached hydrogens (tertiary/aromatic N) is 4. The number of rotatable bonds is 7. The lowest BCUT2D eigenvalue weighted by Crippen LogP contribution is -2.09. The van der Waals surface area contributed by atoms with E-state index in [0.29, 0.717) is 17.5 Å². The first-order chi connectivity index (χ1) is 26.8. The largest absolute Gasteiger partial charge is 0.455 e. The quantitative estimate of drug-likeness (QED) is 0.166. The zero-order valence-electron chi connectivity index (χ0n) is 29.2. The van der Waals surface area contributed by atoms with Gasteiger partial charge in [-0.1, -0.05) is 140 Å². The summed E-state index contributed by atoms with van der Waals surface area (Å²) in [5, 5.41) is 4.16. The molecule has 254 valence electrons. The van der Waals surface area contributed by atoms with Crippen LogP contribution in [0.5, 0.6) is 0 Å². The van der Waals surface area contributed by atoms with Gasteiger partial charge in [-0.15, -0.1) is 0 Å². The molecule has 10 rings (SSSR count). The Labute approximate surface area is 312 Å². The Morgan fingerprint density at radius 3 is 1.44 bits per heavy atom. The van der Waals surface area contributed by atoms with Crippen molar-refractivity contribution in [1.82, 2.24) is 15.0 Å². The van der Waals surface area contributed by atoms with Crippen LogP contribution in [0.1, 0.15) is 0 Å². The maximum Gasteiger partial charge on any atom is 0.164 e. The highest BCUT2D eigenvalue weighted by Crippen LogP contribution is 2.44. The van der Waals surface area contributed by atoms with E-state index in [1.807, 2.05) is 72.8 Å². The lowest BCUT2D eigenvalue weighted by atomic mass is 9.97. The van der Waals surface area contributed by atoms with Crippen molar-refractivity contribution >= 4 is 49.8 Å². The molecule has 0 aliphatic carbocycles. The third kappa shape index (κ3) is 5.56. The Kier molecular flexibility index (Phi) is 7.73. The molecule has 0 atom stereocenters. The van der Waals surface area contributed by atoms with Crippen LogP contribution in [0.3, 0.4) is 0 Å². The van der Waals surface area contributed by atoms with Gasteiger partial charge in [0.05, 0.1) is 0 Å². The Balaban J connectivity index is 1.18. The Morgan fingerprint density at radius 2 is 0.833 bits per heavy atom. The molecule has 8 aromatic carbocycles. The van der Waals surface area contributed by atoms with Gasteiger partial charge in [0.2, 0.25) is 0 Å². The predicted molar refractivity (Wildman–Crippen MR) is 221 cm³/mol. The van der Waals surface area contributed by atoms with Crippen molar-refractivity contribution in [3.63, 3.8) is 0 Å². The first kappa shape index (κ1) is 31.4. The van der Waals surface area contributed by atoms with Crippen LogP contribution in [0.2, 0.25) is 0 Å². The van der Waals surface area contributed by atoms with Crippen molar-refractivity contribution in [3.8, 4) is 45.3 Å². The van der Waals surface area contributed by atoms with Gasteiger partial charge >= 0.3 is 0 Å². The molecular formula is C49H32N4O. The topological polar surface area (TPSA) is 55.1 Å². The molecule has 54 heavy (non-hydrogen) atoms. The molecule has 0 saturated carbocycles. The standard InChI is InChI=1S/C49H32N4O/c1-5-16-35(17-6-1)47-50-48(36-18-7-2-8-19-36)52-49(51-47)43-32-31-41(46-44(43)42-30-27-33-15-13-14-24-40(33)45(42)54-46)34-25-28-39(29-26-34)53(37-20-9-3-10-21-37)38-22-11-4-12-23-38/h1-32H. The van der Waals surface area contributed by atoms with Crippen LogP contribution in [0.4, 0.5) is 17.1 Å². The minimum absolute atomic E-state index is 0.590. The van der Waals surface area contributed by atoms with E-state index in [9.17, 15) is 0 Å².